The number of nitrogens with zero attached hydrogens (tertiary/aromatic N) is 4. The first kappa shape index (κ1) is 19.3. The van der Waals surface area contributed by atoms with Gasteiger partial charge in [-0.05, 0) is 48.9 Å². The fraction of sp³-hybridized carbons (Fsp3) is 0.391. The van der Waals surface area contributed by atoms with E-state index in [1.165, 1.54) is 16.5 Å². The molecule has 3 aromatic heterocycles. The minimum absolute atomic E-state index is 0.0539. The van der Waals surface area contributed by atoms with Crippen LogP contribution in [0.15, 0.2) is 36.9 Å². The van der Waals surface area contributed by atoms with E-state index in [1.54, 1.807) is 12.7 Å². The Morgan fingerprint density at radius 3 is 2.72 bits per heavy atom. The van der Waals surface area contributed by atoms with Crippen LogP contribution < -0.4 is 5.32 Å². The molecule has 0 radical (unpaired) electrons. The van der Waals surface area contributed by atoms with Crippen molar-refractivity contribution in [2.45, 2.75) is 53.0 Å². The summed E-state index contributed by atoms with van der Waals surface area (Å²) in [6.07, 6.45) is 6.31. The zero-order valence-corrected chi connectivity index (χ0v) is 17.5. The van der Waals surface area contributed by atoms with Crippen molar-refractivity contribution in [3.05, 3.63) is 53.7 Å². The van der Waals surface area contributed by atoms with Gasteiger partial charge in [0.05, 0.1) is 17.9 Å². The third-order valence-corrected chi connectivity index (χ3v) is 5.68. The molecule has 2 N–H and O–H groups in total. The Kier molecular flexibility index (Phi) is 5.43. The molecule has 6 heteroatoms. The van der Waals surface area contributed by atoms with Crippen molar-refractivity contribution in [2.75, 3.05) is 5.32 Å². The van der Waals surface area contributed by atoms with Gasteiger partial charge in [-0.1, -0.05) is 39.3 Å². The van der Waals surface area contributed by atoms with Crippen LogP contribution in [-0.2, 0) is 12.8 Å². The van der Waals surface area contributed by atoms with Crippen molar-refractivity contribution in [3.8, 4) is 0 Å². The number of hydrogen-bond donors (Lipinski definition) is 2. The molecule has 0 bridgehead atoms. The maximum absolute atomic E-state index is 5.09. The molecular weight excluding hydrogens is 360 g/mol. The van der Waals surface area contributed by atoms with Gasteiger partial charge in [-0.3, -0.25) is 4.98 Å². The van der Waals surface area contributed by atoms with Crippen LogP contribution in [0.2, 0.25) is 0 Å². The van der Waals surface area contributed by atoms with Crippen LogP contribution in [0, 0.1) is 5.92 Å². The normalized spacial score (nSPS) is 13.7. The smallest absolute Gasteiger partial charge is 0.182 e. The first-order valence-corrected chi connectivity index (χ1v) is 10.4. The Bertz CT molecular complexity index is 1130. The van der Waals surface area contributed by atoms with Gasteiger partial charge in [0.15, 0.2) is 11.5 Å². The van der Waals surface area contributed by atoms with Gasteiger partial charge in [0, 0.05) is 11.1 Å². The van der Waals surface area contributed by atoms with Crippen molar-refractivity contribution >= 4 is 27.9 Å². The van der Waals surface area contributed by atoms with Gasteiger partial charge in [-0.15, -0.1) is 0 Å². The number of aromatic nitrogens is 5. The van der Waals surface area contributed by atoms with Crippen LogP contribution in [0.3, 0.4) is 0 Å². The van der Waals surface area contributed by atoms with Crippen LogP contribution >= 0.6 is 0 Å². The topological polar surface area (TPSA) is 79.4 Å². The van der Waals surface area contributed by atoms with E-state index in [2.05, 4.69) is 77.2 Å². The molecule has 29 heavy (non-hydrogen) atoms. The fourth-order valence-electron chi connectivity index (χ4n) is 3.66. The van der Waals surface area contributed by atoms with Crippen LogP contribution in [0.25, 0.3) is 22.1 Å². The molecule has 0 aliphatic rings. The lowest BCUT2D eigenvalue weighted by Crippen LogP contribution is -2.14. The Morgan fingerprint density at radius 2 is 1.93 bits per heavy atom. The van der Waals surface area contributed by atoms with Gasteiger partial charge in [-0.2, -0.15) is 0 Å². The molecule has 0 saturated carbocycles. The highest BCUT2D eigenvalue weighted by molar-refractivity contribution is 5.83. The van der Waals surface area contributed by atoms with E-state index in [4.69, 9.17) is 4.98 Å². The Balaban J connectivity index is 1.75. The molecule has 1 aromatic carbocycles. The van der Waals surface area contributed by atoms with Crippen molar-refractivity contribution < 1.29 is 0 Å². The van der Waals surface area contributed by atoms with Gasteiger partial charge >= 0.3 is 0 Å². The van der Waals surface area contributed by atoms with Gasteiger partial charge in [0.2, 0.25) is 0 Å². The van der Waals surface area contributed by atoms with Gasteiger partial charge in [0.1, 0.15) is 11.8 Å². The monoisotopic (exact) mass is 388 g/mol. The number of hydrogen-bond acceptors (Lipinski definition) is 5. The predicted octanol–water partition coefficient (Wildman–Crippen LogP) is 5.23. The second kappa shape index (κ2) is 8.15. The molecule has 2 atom stereocenters. The number of fused-ring (bicyclic) bond motifs is 2. The SMILES string of the molecule is CCc1ccc2cc(C(C)Nc3ncnc4nc[nH]c34)c(CC(C)CC)nc2c1. The standard InChI is InChI=1S/C23H28N6/c1-5-14(3)9-20-18(11-17-8-7-16(6-2)10-19(17)29-20)15(4)28-23-21-22(25-12-24-21)26-13-27-23/h7-8,10-15H,5-6,9H2,1-4H3,(H2,24,25,26,27,28). The van der Waals surface area contributed by atoms with E-state index in [0.717, 1.165) is 41.8 Å². The molecule has 0 fully saturated rings. The van der Waals surface area contributed by atoms with E-state index in [9.17, 15) is 0 Å². The molecule has 0 spiro atoms. The van der Waals surface area contributed by atoms with Gasteiger partial charge in [-0.25, -0.2) is 15.0 Å². The lowest BCUT2D eigenvalue weighted by atomic mass is 9.95. The minimum Gasteiger partial charge on any atom is -0.362 e. The Labute approximate surface area is 171 Å². The molecule has 0 amide bonds. The highest BCUT2D eigenvalue weighted by Gasteiger charge is 2.17. The summed E-state index contributed by atoms with van der Waals surface area (Å²) in [6, 6.07) is 8.93. The third kappa shape index (κ3) is 3.92. The maximum Gasteiger partial charge on any atom is 0.182 e. The first-order chi connectivity index (χ1) is 14.1. The third-order valence-electron chi connectivity index (χ3n) is 5.68. The van der Waals surface area contributed by atoms with E-state index >= 15 is 0 Å². The zero-order chi connectivity index (χ0) is 20.4. The van der Waals surface area contributed by atoms with E-state index in [1.807, 2.05) is 0 Å². The summed E-state index contributed by atoms with van der Waals surface area (Å²) in [4.78, 5) is 21.1. The van der Waals surface area contributed by atoms with Crippen LogP contribution in [0.1, 0.15) is 57.0 Å². The molecule has 4 aromatic rings. The predicted molar refractivity (Wildman–Crippen MR) is 118 cm³/mol. The fourth-order valence-corrected chi connectivity index (χ4v) is 3.66. The summed E-state index contributed by atoms with van der Waals surface area (Å²) in [7, 11) is 0. The van der Waals surface area contributed by atoms with E-state index in [0.29, 0.717) is 11.6 Å². The molecule has 2 unspecified atom stereocenters. The zero-order valence-electron chi connectivity index (χ0n) is 17.5. The van der Waals surface area contributed by atoms with E-state index < -0.39 is 0 Å². The average molecular weight is 389 g/mol. The number of aryl methyl sites for hydroxylation is 1. The summed E-state index contributed by atoms with van der Waals surface area (Å²) in [5, 5.41) is 4.72. The van der Waals surface area contributed by atoms with Crippen molar-refractivity contribution in [3.63, 3.8) is 0 Å². The summed E-state index contributed by atoms with van der Waals surface area (Å²) in [5.41, 5.74) is 6.27. The highest BCUT2D eigenvalue weighted by atomic mass is 15.1. The minimum atomic E-state index is 0.0539. The first-order valence-electron chi connectivity index (χ1n) is 10.4. The molecule has 150 valence electrons. The molecule has 0 aliphatic carbocycles. The quantitative estimate of drug-likeness (QED) is 0.453. The molecule has 0 aliphatic heterocycles. The average Bonchev–Trinajstić information content (AvgIpc) is 3.22. The highest BCUT2D eigenvalue weighted by Crippen LogP contribution is 2.28. The molecule has 3 heterocycles. The summed E-state index contributed by atoms with van der Waals surface area (Å²) < 4.78 is 0. The largest absolute Gasteiger partial charge is 0.362 e. The number of aromatic amines is 1. The lowest BCUT2D eigenvalue weighted by Gasteiger charge is -2.21. The summed E-state index contributed by atoms with van der Waals surface area (Å²) in [6.45, 7) is 8.86. The number of anilines is 1. The van der Waals surface area contributed by atoms with Gasteiger partial charge < -0.3 is 10.3 Å². The second-order valence-electron chi connectivity index (χ2n) is 7.81. The number of imidazole rings is 1. The van der Waals surface area contributed by atoms with Crippen LogP contribution in [-0.4, -0.2) is 24.9 Å². The Hall–Kier alpha value is -3.02. The van der Waals surface area contributed by atoms with Crippen LogP contribution in [0.5, 0.6) is 0 Å². The van der Waals surface area contributed by atoms with Gasteiger partial charge in [0.25, 0.3) is 0 Å². The number of rotatable bonds is 7. The van der Waals surface area contributed by atoms with Crippen LogP contribution in [0.4, 0.5) is 5.82 Å². The number of benzene rings is 1. The summed E-state index contributed by atoms with van der Waals surface area (Å²) >= 11 is 0. The second-order valence-corrected chi connectivity index (χ2v) is 7.81. The number of pyridine rings is 1. The molecular formula is C23H28N6. The molecule has 6 nitrogen and oxygen atoms in total. The van der Waals surface area contributed by atoms with Crippen molar-refractivity contribution in [1.82, 2.24) is 24.9 Å². The number of H-pyrrole nitrogens is 1. The Morgan fingerprint density at radius 1 is 1.07 bits per heavy atom. The van der Waals surface area contributed by atoms with Crippen molar-refractivity contribution in [1.29, 1.82) is 0 Å². The molecule has 4 rings (SSSR count). The lowest BCUT2D eigenvalue weighted by molar-refractivity contribution is 0.549. The van der Waals surface area contributed by atoms with Crippen molar-refractivity contribution in [2.24, 2.45) is 5.92 Å². The van der Waals surface area contributed by atoms with E-state index in [-0.39, 0.29) is 6.04 Å². The number of nitrogens with one attached hydrogen (secondary N) is 2. The summed E-state index contributed by atoms with van der Waals surface area (Å²) in [5.74, 6) is 1.34. The molecule has 0 saturated heterocycles. The maximum atomic E-state index is 5.09.